The van der Waals surface area contributed by atoms with Gasteiger partial charge in [0.1, 0.15) is 0 Å². The van der Waals surface area contributed by atoms with E-state index in [2.05, 4.69) is 310 Å². The lowest BCUT2D eigenvalue weighted by atomic mass is 9.70. The molecular formula is C79H59N. The molecule has 0 saturated heterocycles. The van der Waals surface area contributed by atoms with Crippen LogP contribution in [0.5, 0.6) is 0 Å². The molecule has 1 atom stereocenters. The Balaban J connectivity index is 0.773. The summed E-state index contributed by atoms with van der Waals surface area (Å²) in [6.07, 6.45) is 1.90. The van der Waals surface area contributed by atoms with Crippen molar-refractivity contribution in [3.63, 3.8) is 0 Å². The molecule has 1 nitrogen and oxygen atoms in total. The molecule has 12 aromatic rings. The summed E-state index contributed by atoms with van der Waals surface area (Å²) in [4.78, 5) is 2.36. The van der Waals surface area contributed by atoms with Crippen molar-refractivity contribution in [3.05, 3.63) is 341 Å². The molecule has 0 amide bonds. The highest BCUT2D eigenvalue weighted by molar-refractivity contribution is 5.96. The molecule has 0 heterocycles. The lowest BCUT2D eigenvalue weighted by Crippen LogP contribution is -2.25. The third-order valence-corrected chi connectivity index (χ3v) is 18.0. The maximum Gasteiger partial charge on any atom is 0.0725 e. The van der Waals surface area contributed by atoms with Gasteiger partial charge >= 0.3 is 0 Å². The minimum Gasteiger partial charge on any atom is -0.311 e. The van der Waals surface area contributed by atoms with Gasteiger partial charge in [-0.25, -0.2) is 0 Å². The molecule has 0 radical (unpaired) electrons. The number of aryl methyl sites for hydroxylation is 1. The topological polar surface area (TPSA) is 3.24 Å². The van der Waals surface area contributed by atoms with Crippen LogP contribution in [0.2, 0.25) is 0 Å². The molecule has 3 aliphatic carbocycles. The molecule has 0 saturated carbocycles. The fraction of sp³-hybridized carbons (Fsp3) is 0.0886. The van der Waals surface area contributed by atoms with Gasteiger partial charge in [-0.2, -0.15) is 0 Å². The first kappa shape index (κ1) is 47.6. The van der Waals surface area contributed by atoms with Crippen LogP contribution < -0.4 is 4.90 Å². The molecular weight excluding hydrogens is 963 g/mol. The first-order valence-corrected chi connectivity index (χ1v) is 28.4. The number of nitrogens with zero attached hydrogens (tertiary/aromatic N) is 1. The lowest BCUT2D eigenvalue weighted by molar-refractivity contribution is 0.654. The molecule has 1 spiro atoms. The number of hydrogen-bond acceptors (Lipinski definition) is 1. The highest BCUT2D eigenvalue weighted by Gasteiger charge is 2.52. The van der Waals surface area contributed by atoms with Gasteiger partial charge in [0.15, 0.2) is 0 Å². The molecule has 0 aromatic heterocycles. The van der Waals surface area contributed by atoms with Gasteiger partial charge < -0.3 is 4.90 Å². The fourth-order valence-corrected chi connectivity index (χ4v) is 14.2. The summed E-state index contributed by atoms with van der Waals surface area (Å²) < 4.78 is 0. The van der Waals surface area contributed by atoms with Crippen molar-refractivity contribution in [3.8, 4) is 66.8 Å². The summed E-state index contributed by atoms with van der Waals surface area (Å²) in [6.45, 7) is 4.82. The average Bonchev–Trinajstić information content (AvgIpc) is 3.75. The second-order valence-electron chi connectivity index (χ2n) is 22.6. The van der Waals surface area contributed by atoms with Gasteiger partial charge in [0.05, 0.1) is 5.41 Å². The molecule has 1 heteroatoms. The van der Waals surface area contributed by atoms with Crippen LogP contribution in [0.25, 0.3) is 66.8 Å². The zero-order chi connectivity index (χ0) is 53.4. The third kappa shape index (κ3) is 7.60. The number of fused-ring (bicyclic) bond motifs is 13. The average molecular weight is 1020 g/mol. The minimum absolute atomic E-state index is 0.104. The van der Waals surface area contributed by atoms with E-state index in [1.54, 1.807) is 0 Å². The molecule has 12 aromatic carbocycles. The van der Waals surface area contributed by atoms with Crippen molar-refractivity contribution in [1.82, 2.24) is 0 Å². The van der Waals surface area contributed by atoms with Gasteiger partial charge in [-0.15, -0.1) is 0 Å². The Morgan fingerprint density at radius 1 is 0.312 bits per heavy atom. The van der Waals surface area contributed by atoms with Gasteiger partial charge in [-0.05, 0) is 166 Å². The van der Waals surface area contributed by atoms with E-state index in [1.165, 1.54) is 117 Å². The van der Waals surface area contributed by atoms with Crippen molar-refractivity contribution < 1.29 is 0 Å². The van der Waals surface area contributed by atoms with E-state index in [9.17, 15) is 0 Å². The van der Waals surface area contributed by atoms with Crippen LogP contribution in [-0.4, -0.2) is 0 Å². The Morgan fingerprint density at radius 3 is 1.21 bits per heavy atom. The molecule has 0 aliphatic heterocycles. The summed E-state index contributed by atoms with van der Waals surface area (Å²) in [5.74, 6) is 0.143. The highest BCUT2D eigenvalue weighted by Crippen LogP contribution is 2.64. The number of rotatable bonds is 11. The molecule has 15 rings (SSSR count). The van der Waals surface area contributed by atoms with Crippen molar-refractivity contribution >= 4 is 17.1 Å². The second kappa shape index (κ2) is 19.1. The van der Waals surface area contributed by atoms with Crippen molar-refractivity contribution in [1.29, 1.82) is 0 Å². The van der Waals surface area contributed by atoms with Crippen LogP contribution in [-0.2, 0) is 17.3 Å². The van der Waals surface area contributed by atoms with E-state index in [1.807, 2.05) is 0 Å². The van der Waals surface area contributed by atoms with Crippen LogP contribution >= 0.6 is 0 Å². The Bertz CT molecular complexity index is 4150. The predicted molar refractivity (Wildman–Crippen MR) is 334 cm³/mol. The lowest BCUT2D eigenvalue weighted by Gasteiger charge is -2.31. The quantitative estimate of drug-likeness (QED) is 0.125. The van der Waals surface area contributed by atoms with E-state index < -0.39 is 5.41 Å². The standard InChI is InChI=1S/C79H59N/c1-78(2)71-27-13-9-22-65(71)68-51-43-60(52-76(68)78)64(69-26-17-31-75-77(69)70-25-12-16-30-74(70)79(75)72-28-14-10-23-66(72)67-24-11-15-29-73(67)79)50-34-53-32-35-56(36-33-53)59-41-48-63(49-42-59)80(61-44-37-57(38-45-61)54-18-5-3-6-19-54)62-46-39-58(40-47-62)55-20-7-4-8-21-55/h3-33,35-49,51-52,64H,34,50H2,1-2H3/t64-/m0/s1. The van der Waals surface area contributed by atoms with Crippen molar-refractivity contribution in [2.75, 3.05) is 4.90 Å². The Labute approximate surface area is 470 Å². The monoisotopic (exact) mass is 1020 g/mol. The highest BCUT2D eigenvalue weighted by atomic mass is 15.1. The summed E-state index contributed by atoms with van der Waals surface area (Å²) >= 11 is 0. The van der Waals surface area contributed by atoms with Crippen LogP contribution in [0.1, 0.15) is 76.3 Å². The first-order chi connectivity index (χ1) is 39.4. The Morgan fingerprint density at radius 2 is 0.700 bits per heavy atom. The normalized spacial score (nSPS) is 13.9. The summed E-state index contributed by atoms with van der Waals surface area (Å²) in [6, 6.07) is 109. The molecule has 0 unspecified atom stereocenters. The Hall–Kier alpha value is -9.56. The second-order valence-corrected chi connectivity index (χ2v) is 22.6. The Kier molecular flexibility index (Phi) is 11.4. The van der Waals surface area contributed by atoms with Crippen molar-refractivity contribution in [2.45, 2.75) is 43.4 Å². The van der Waals surface area contributed by atoms with Crippen LogP contribution in [0, 0.1) is 0 Å². The van der Waals surface area contributed by atoms with E-state index in [-0.39, 0.29) is 11.3 Å². The first-order valence-electron chi connectivity index (χ1n) is 28.4. The van der Waals surface area contributed by atoms with E-state index in [0.29, 0.717) is 0 Å². The molecule has 0 fully saturated rings. The zero-order valence-electron chi connectivity index (χ0n) is 45.2. The van der Waals surface area contributed by atoms with E-state index in [4.69, 9.17) is 0 Å². The third-order valence-electron chi connectivity index (χ3n) is 18.0. The van der Waals surface area contributed by atoms with E-state index >= 15 is 0 Å². The molecule has 3 aliphatic rings. The predicted octanol–water partition coefficient (Wildman–Crippen LogP) is 20.6. The van der Waals surface area contributed by atoms with E-state index in [0.717, 1.165) is 29.9 Å². The SMILES string of the molecule is CC1(C)c2ccccc2-c2ccc([C@H](CCc3ccc(-c4ccc(N(c5ccc(-c6ccccc6)cc5)c5ccc(-c6ccccc6)cc5)cc4)cc3)c3cccc4c3-c3ccccc3C43c4ccccc4-c4ccccc43)cc21. The van der Waals surface area contributed by atoms with Gasteiger partial charge in [0.2, 0.25) is 0 Å². The van der Waals surface area contributed by atoms with Crippen LogP contribution in [0.3, 0.4) is 0 Å². The van der Waals surface area contributed by atoms with Crippen molar-refractivity contribution in [2.24, 2.45) is 0 Å². The summed E-state index contributed by atoms with van der Waals surface area (Å²) in [7, 11) is 0. The maximum atomic E-state index is 2.57. The van der Waals surface area contributed by atoms with Crippen LogP contribution in [0.15, 0.2) is 291 Å². The van der Waals surface area contributed by atoms with Crippen LogP contribution in [0.4, 0.5) is 17.1 Å². The maximum absolute atomic E-state index is 2.57. The molecule has 80 heavy (non-hydrogen) atoms. The summed E-state index contributed by atoms with van der Waals surface area (Å²) in [5, 5.41) is 0. The largest absolute Gasteiger partial charge is 0.311 e. The van der Waals surface area contributed by atoms with Gasteiger partial charge in [0.25, 0.3) is 0 Å². The molecule has 0 bridgehead atoms. The minimum atomic E-state index is -0.393. The number of benzene rings is 12. The zero-order valence-corrected chi connectivity index (χ0v) is 45.2. The van der Waals surface area contributed by atoms with Gasteiger partial charge in [-0.3, -0.25) is 0 Å². The molecule has 0 N–H and O–H groups in total. The molecule has 380 valence electrons. The smallest absolute Gasteiger partial charge is 0.0725 e. The van der Waals surface area contributed by atoms with Gasteiger partial charge in [-0.1, -0.05) is 269 Å². The van der Waals surface area contributed by atoms with Gasteiger partial charge in [0, 0.05) is 28.4 Å². The number of anilines is 3. The summed E-state index contributed by atoms with van der Waals surface area (Å²) in [5.41, 5.74) is 30.7. The fourth-order valence-electron chi connectivity index (χ4n) is 14.2. The number of hydrogen-bond donors (Lipinski definition) is 0.